The Morgan fingerprint density at radius 3 is 2.83 bits per heavy atom. The number of halogens is 1. The van der Waals surface area contributed by atoms with E-state index in [1.807, 2.05) is 6.92 Å². The van der Waals surface area contributed by atoms with E-state index in [0.717, 1.165) is 19.4 Å². The molecule has 2 atom stereocenters. The number of ether oxygens (including phenoxy) is 1. The fourth-order valence-corrected chi connectivity index (χ4v) is 4.34. The fraction of sp³-hybridized carbons (Fsp3) is 0.500. The van der Waals surface area contributed by atoms with Gasteiger partial charge in [0.1, 0.15) is 11.9 Å². The molecule has 35 heavy (non-hydrogen) atoms. The van der Waals surface area contributed by atoms with Crippen LogP contribution in [-0.4, -0.2) is 60.1 Å². The van der Waals surface area contributed by atoms with E-state index in [1.165, 1.54) is 23.8 Å². The van der Waals surface area contributed by atoms with Crippen molar-refractivity contribution in [1.82, 2.24) is 34.3 Å². The Bertz CT molecular complexity index is 1410. The molecular formula is C22H27FN10O2. The number of hydrogen-bond donors (Lipinski definition) is 1. The highest BCUT2D eigenvalue weighted by Crippen LogP contribution is 2.31. The number of benzene rings is 1. The smallest absolute Gasteiger partial charge is 0.244 e. The summed E-state index contributed by atoms with van der Waals surface area (Å²) in [5.74, 6) is 0.918. The Hall–Kier alpha value is -3.90. The second kappa shape index (κ2) is 8.40. The molecule has 3 aromatic heterocycles. The lowest BCUT2D eigenvalue weighted by Gasteiger charge is -2.30. The largest absolute Gasteiger partial charge is 0.494 e. The normalized spacial score (nSPS) is 17.7. The molecule has 5 rings (SSSR count). The van der Waals surface area contributed by atoms with Crippen LogP contribution in [0, 0.1) is 10.7 Å². The minimum atomic E-state index is -0.809. The third-order valence-corrected chi connectivity index (χ3v) is 6.81. The zero-order valence-corrected chi connectivity index (χ0v) is 20.0. The Kier molecular flexibility index (Phi) is 5.49. The van der Waals surface area contributed by atoms with Gasteiger partial charge in [0.2, 0.25) is 11.9 Å². The number of hydrogen-bond acceptors (Lipinski definition) is 10. The molecule has 13 heteroatoms. The van der Waals surface area contributed by atoms with Crippen molar-refractivity contribution < 1.29 is 9.13 Å². The molecule has 0 amide bonds. The molecule has 1 unspecified atom stereocenters. The Morgan fingerprint density at radius 1 is 1.29 bits per heavy atom. The second-order valence-corrected chi connectivity index (χ2v) is 9.41. The van der Waals surface area contributed by atoms with Crippen molar-refractivity contribution in [2.75, 3.05) is 30.8 Å². The summed E-state index contributed by atoms with van der Waals surface area (Å²) >= 11 is 0. The van der Waals surface area contributed by atoms with Gasteiger partial charge in [-0.1, -0.05) is 5.18 Å². The van der Waals surface area contributed by atoms with E-state index in [2.05, 4.69) is 30.2 Å². The van der Waals surface area contributed by atoms with Gasteiger partial charge in [-0.05, 0) is 39.7 Å². The molecule has 184 valence electrons. The first-order valence-corrected chi connectivity index (χ1v) is 11.4. The van der Waals surface area contributed by atoms with Gasteiger partial charge in [0.25, 0.3) is 0 Å². The lowest BCUT2D eigenvalue weighted by atomic mass is 9.97. The van der Waals surface area contributed by atoms with Crippen LogP contribution in [0.4, 0.5) is 16.3 Å². The van der Waals surface area contributed by atoms with Crippen LogP contribution in [-0.2, 0) is 0 Å². The molecule has 1 aliphatic heterocycles. The maximum atomic E-state index is 14.4. The van der Waals surface area contributed by atoms with E-state index in [4.69, 9.17) is 15.5 Å². The van der Waals surface area contributed by atoms with Crippen LogP contribution in [0.25, 0.3) is 16.6 Å². The number of piperidine rings is 1. The SMILES string of the molecule is COc1cc2nc(N)n3nc([C@@H]4CCCN(c5ncn(C(C)C(C)(C)N=O)n5)C4)nc3c2cc1F. The number of aromatic nitrogens is 7. The molecule has 0 radical (unpaired) electrons. The van der Waals surface area contributed by atoms with Crippen molar-refractivity contribution in [3.05, 3.63) is 35.0 Å². The molecule has 0 saturated carbocycles. The summed E-state index contributed by atoms with van der Waals surface area (Å²) in [5, 5.41) is 12.9. The van der Waals surface area contributed by atoms with Gasteiger partial charge < -0.3 is 15.4 Å². The Balaban J connectivity index is 1.45. The molecule has 1 aromatic carbocycles. The summed E-state index contributed by atoms with van der Waals surface area (Å²) in [4.78, 5) is 26.8. The van der Waals surface area contributed by atoms with Crippen LogP contribution < -0.4 is 15.4 Å². The standard InChI is InChI=1S/C22H27FN10O2/c1-12(22(2,3)30-34)32-11-25-21(29-32)31-7-5-6-13(10-31)18-27-19-14-8-15(23)17(35-4)9-16(14)26-20(24)33(19)28-18/h8-9,11-13H,5-7,10H2,1-4H3,(H2,24,26)/t12?,13-/m1/s1. The number of nitrogens with zero attached hydrogens (tertiary/aromatic N) is 9. The van der Waals surface area contributed by atoms with Crippen LogP contribution in [0.3, 0.4) is 0 Å². The Morgan fingerprint density at radius 2 is 2.09 bits per heavy atom. The molecule has 4 heterocycles. The van der Waals surface area contributed by atoms with Gasteiger partial charge in [-0.2, -0.15) is 9.42 Å². The van der Waals surface area contributed by atoms with E-state index in [9.17, 15) is 9.30 Å². The number of anilines is 2. The average molecular weight is 483 g/mol. The Labute approximate surface area is 200 Å². The zero-order chi connectivity index (χ0) is 24.9. The summed E-state index contributed by atoms with van der Waals surface area (Å²) < 4.78 is 22.6. The predicted molar refractivity (Wildman–Crippen MR) is 128 cm³/mol. The van der Waals surface area contributed by atoms with Gasteiger partial charge in [-0.3, -0.25) is 0 Å². The minimum Gasteiger partial charge on any atom is -0.494 e. The van der Waals surface area contributed by atoms with Crippen molar-refractivity contribution in [2.24, 2.45) is 5.18 Å². The summed E-state index contributed by atoms with van der Waals surface area (Å²) in [6.45, 7) is 6.82. The highest BCUT2D eigenvalue weighted by molar-refractivity contribution is 5.93. The highest BCUT2D eigenvalue weighted by atomic mass is 19.1. The van der Waals surface area contributed by atoms with Crippen LogP contribution in [0.15, 0.2) is 23.6 Å². The molecule has 1 saturated heterocycles. The van der Waals surface area contributed by atoms with Crippen molar-refractivity contribution in [1.29, 1.82) is 0 Å². The maximum absolute atomic E-state index is 14.4. The van der Waals surface area contributed by atoms with Gasteiger partial charge in [0.15, 0.2) is 23.0 Å². The van der Waals surface area contributed by atoms with Crippen LogP contribution in [0.1, 0.15) is 51.4 Å². The maximum Gasteiger partial charge on any atom is 0.244 e. The van der Waals surface area contributed by atoms with E-state index >= 15 is 0 Å². The van der Waals surface area contributed by atoms with Crippen LogP contribution >= 0.6 is 0 Å². The van der Waals surface area contributed by atoms with Gasteiger partial charge >= 0.3 is 0 Å². The van der Waals surface area contributed by atoms with Crippen LogP contribution in [0.2, 0.25) is 0 Å². The topological polar surface area (TPSA) is 142 Å². The van der Waals surface area contributed by atoms with Gasteiger partial charge in [-0.15, -0.1) is 10.2 Å². The monoisotopic (exact) mass is 482 g/mol. The molecule has 2 N–H and O–H groups in total. The average Bonchev–Trinajstić information content (AvgIpc) is 3.52. The number of rotatable bonds is 6. The third kappa shape index (κ3) is 3.90. The number of methoxy groups -OCH3 is 1. The summed E-state index contributed by atoms with van der Waals surface area (Å²) in [6, 6.07) is 2.60. The lowest BCUT2D eigenvalue weighted by molar-refractivity contribution is 0.317. The second-order valence-electron chi connectivity index (χ2n) is 9.41. The first-order valence-electron chi connectivity index (χ1n) is 11.4. The minimum absolute atomic E-state index is 0.00125. The van der Waals surface area contributed by atoms with Crippen molar-refractivity contribution in [3.63, 3.8) is 0 Å². The summed E-state index contributed by atoms with van der Waals surface area (Å²) in [5.41, 5.74) is 6.26. The highest BCUT2D eigenvalue weighted by Gasteiger charge is 2.31. The van der Waals surface area contributed by atoms with Crippen molar-refractivity contribution in [3.8, 4) is 5.75 Å². The van der Waals surface area contributed by atoms with Crippen molar-refractivity contribution in [2.45, 2.75) is 51.1 Å². The summed E-state index contributed by atoms with van der Waals surface area (Å²) in [7, 11) is 1.40. The number of fused-ring (bicyclic) bond motifs is 3. The zero-order valence-electron chi connectivity index (χ0n) is 20.0. The molecule has 0 bridgehead atoms. The summed E-state index contributed by atoms with van der Waals surface area (Å²) in [6.07, 6.45) is 3.40. The molecular weight excluding hydrogens is 455 g/mol. The molecule has 0 aliphatic carbocycles. The first-order chi connectivity index (χ1) is 16.7. The fourth-order valence-electron chi connectivity index (χ4n) is 4.34. The van der Waals surface area contributed by atoms with Gasteiger partial charge in [0.05, 0.1) is 18.7 Å². The molecule has 0 spiro atoms. The van der Waals surface area contributed by atoms with Gasteiger partial charge in [-0.25, -0.2) is 24.0 Å². The van der Waals surface area contributed by atoms with E-state index in [0.29, 0.717) is 34.9 Å². The predicted octanol–water partition coefficient (Wildman–Crippen LogP) is 3.09. The van der Waals surface area contributed by atoms with Crippen LogP contribution in [0.5, 0.6) is 5.75 Å². The van der Waals surface area contributed by atoms with E-state index in [-0.39, 0.29) is 23.7 Å². The van der Waals surface area contributed by atoms with E-state index < -0.39 is 11.4 Å². The third-order valence-electron chi connectivity index (χ3n) is 6.81. The molecule has 4 aromatic rings. The number of nitrogen functional groups attached to an aromatic ring is 1. The van der Waals surface area contributed by atoms with E-state index in [1.54, 1.807) is 24.9 Å². The quantitative estimate of drug-likeness (QED) is 0.410. The molecule has 1 aliphatic rings. The first kappa shape index (κ1) is 22.9. The molecule has 12 nitrogen and oxygen atoms in total. The van der Waals surface area contributed by atoms with Crippen molar-refractivity contribution >= 4 is 28.4 Å². The molecule has 1 fully saturated rings. The number of nitrogens with two attached hydrogens (primary N) is 1. The van der Waals surface area contributed by atoms with Gasteiger partial charge in [0, 0.05) is 30.5 Å². The lowest BCUT2D eigenvalue weighted by Crippen LogP contribution is -2.36. The number of nitroso groups, excluding NO2 is 1.